The summed E-state index contributed by atoms with van der Waals surface area (Å²) in [5, 5.41) is 0. The second-order valence-electron chi connectivity index (χ2n) is 3.59. The summed E-state index contributed by atoms with van der Waals surface area (Å²) in [5.74, 6) is -0.236. The number of hydrogen-bond donors (Lipinski definition) is 0. The van der Waals surface area contributed by atoms with E-state index in [2.05, 4.69) is 9.97 Å². The van der Waals surface area contributed by atoms with Crippen molar-refractivity contribution in [3.05, 3.63) is 23.0 Å². The first-order chi connectivity index (χ1) is 7.29. The summed E-state index contributed by atoms with van der Waals surface area (Å²) in [5.41, 5.74) is 0.351. The van der Waals surface area contributed by atoms with Gasteiger partial charge < -0.3 is 0 Å². The highest BCUT2D eigenvalue weighted by atomic mass is 19.4. The number of aromatic nitrogens is 2. The summed E-state index contributed by atoms with van der Waals surface area (Å²) in [6, 6.07) is 0. The largest absolute Gasteiger partial charge is 0.389 e. The standard InChI is InChI=1S/C10H12F4N2/c1-6-9(11)7(2)16-8(15-6)4-3-5-10(12,13)14/h3-5H2,1-2H3. The second-order valence-corrected chi connectivity index (χ2v) is 3.59. The zero-order valence-electron chi connectivity index (χ0n) is 9.03. The molecule has 1 aromatic heterocycles. The Labute approximate surface area is 90.7 Å². The quantitative estimate of drug-likeness (QED) is 0.753. The Kier molecular flexibility index (Phi) is 3.83. The topological polar surface area (TPSA) is 25.8 Å². The van der Waals surface area contributed by atoms with Crippen molar-refractivity contribution in [3.8, 4) is 0 Å². The van der Waals surface area contributed by atoms with Crippen molar-refractivity contribution in [1.82, 2.24) is 9.97 Å². The van der Waals surface area contributed by atoms with Gasteiger partial charge in [-0.2, -0.15) is 13.2 Å². The summed E-state index contributed by atoms with van der Waals surface area (Å²) < 4.78 is 48.8. The lowest BCUT2D eigenvalue weighted by Crippen LogP contribution is -2.09. The van der Waals surface area contributed by atoms with Gasteiger partial charge in [-0.3, -0.25) is 0 Å². The summed E-state index contributed by atoms with van der Waals surface area (Å²) in [6.45, 7) is 2.94. The van der Waals surface area contributed by atoms with Crippen LogP contribution < -0.4 is 0 Å². The van der Waals surface area contributed by atoms with Crippen molar-refractivity contribution < 1.29 is 17.6 Å². The van der Waals surface area contributed by atoms with Gasteiger partial charge in [0.1, 0.15) is 5.82 Å². The second kappa shape index (κ2) is 4.76. The maximum absolute atomic E-state index is 13.1. The molecule has 16 heavy (non-hydrogen) atoms. The van der Waals surface area contributed by atoms with Gasteiger partial charge in [0.05, 0.1) is 11.4 Å². The van der Waals surface area contributed by atoms with Crippen LogP contribution in [0.3, 0.4) is 0 Å². The van der Waals surface area contributed by atoms with E-state index in [1.165, 1.54) is 13.8 Å². The van der Waals surface area contributed by atoms with Gasteiger partial charge in [-0.25, -0.2) is 14.4 Å². The molecule has 0 aliphatic carbocycles. The minimum atomic E-state index is -4.16. The van der Waals surface area contributed by atoms with E-state index in [4.69, 9.17) is 0 Å². The molecular formula is C10H12F4N2. The highest BCUT2D eigenvalue weighted by Gasteiger charge is 2.26. The van der Waals surface area contributed by atoms with E-state index >= 15 is 0 Å². The van der Waals surface area contributed by atoms with Gasteiger partial charge in [0.2, 0.25) is 0 Å². The molecule has 0 atom stereocenters. The molecule has 0 aliphatic heterocycles. The van der Waals surface area contributed by atoms with Crippen molar-refractivity contribution in [2.75, 3.05) is 0 Å². The van der Waals surface area contributed by atoms with Crippen LogP contribution >= 0.6 is 0 Å². The molecule has 0 bridgehead atoms. The summed E-state index contributed by atoms with van der Waals surface area (Å²) in [4.78, 5) is 7.60. The molecule has 0 aliphatic rings. The van der Waals surface area contributed by atoms with Gasteiger partial charge in [0.15, 0.2) is 5.82 Å². The average molecular weight is 236 g/mol. The molecule has 1 rings (SSSR count). The van der Waals surface area contributed by atoms with Crippen molar-refractivity contribution in [3.63, 3.8) is 0 Å². The zero-order valence-corrected chi connectivity index (χ0v) is 9.03. The molecular weight excluding hydrogens is 224 g/mol. The van der Waals surface area contributed by atoms with Crippen LogP contribution in [0.4, 0.5) is 17.6 Å². The first-order valence-corrected chi connectivity index (χ1v) is 4.86. The van der Waals surface area contributed by atoms with E-state index in [0.717, 1.165) is 0 Å². The molecule has 0 radical (unpaired) electrons. The highest BCUT2D eigenvalue weighted by molar-refractivity contribution is 5.11. The molecule has 0 spiro atoms. The number of halogens is 4. The van der Waals surface area contributed by atoms with Crippen LogP contribution in [0, 0.1) is 19.7 Å². The van der Waals surface area contributed by atoms with E-state index in [0.29, 0.717) is 0 Å². The van der Waals surface area contributed by atoms with Gasteiger partial charge >= 0.3 is 6.18 Å². The molecule has 0 fully saturated rings. The van der Waals surface area contributed by atoms with Crippen molar-refractivity contribution in [2.24, 2.45) is 0 Å². The van der Waals surface area contributed by atoms with E-state index < -0.39 is 18.4 Å². The van der Waals surface area contributed by atoms with Crippen molar-refractivity contribution in [1.29, 1.82) is 0 Å². The summed E-state index contributed by atoms with van der Waals surface area (Å²) in [7, 11) is 0. The third-order valence-corrected chi connectivity index (χ3v) is 2.09. The summed E-state index contributed by atoms with van der Waals surface area (Å²) in [6.07, 6.45) is -4.99. The first kappa shape index (κ1) is 12.9. The Morgan fingerprint density at radius 2 is 1.56 bits per heavy atom. The Morgan fingerprint density at radius 3 is 2.00 bits per heavy atom. The van der Waals surface area contributed by atoms with Crippen LogP contribution in [0.25, 0.3) is 0 Å². The predicted octanol–water partition coefficient (Wildman–Crippen LogP) is 3.12. The molecule has 1 heterocycles. The van der Waals surface area contributed by atoms with Gasteiger partial charge in [0.25, 0.3) is 0 Å². The smallest absolute Gasteiger partial charge is 0.235 e. The summed E-state index contributed by atoms with van der Waals surface area (Å²) >= 11 is 0. The fourth-order valence-electron chi connectivity index (χ4n) is 1.33. The third-order valence-electron chi connectivity index (χ3n) is 2.09. The van der Waals surface area contributed by atoms with Crippen LogP contribution in [0.5, 0.6) is 0 Å². The van der Waals surface area contributed by atoms with Crippen LogP contribution in [-0.4, -0.2) is 16.1 Å². The Balaban J connectivity index is 2.62. The molecule has 0 unspecified atom stereocenters. The van der Waals surface area contributed by atoms with E-state index in [1.807, 2.05) is 0 Å². The molecule has 6 heteroatoms. The lowest BCUT2D eigenvalue weighted by molar-refractivity contribution is -0.135. The van der Waals surface area contributed by atoms with Crippen LogP contribution in [0.1, 0.15) is 30.1 Å². The average Bonchev–Trinajstić information content (AvgIpc) is 2.12. The normalized spacial score (nSPS) is 11.9. The fourth-order valence-corrected chi connectivity index (χ4v) is 1.33. The maximum Gasteiger partial charge on any atom is 0.389 e. The van der Waals surface area contributed by atoms with Gasteiger partial charge in [-0.05, 0) is 20.3 Å². The minimum Gasteiger partial charge on any atom is -0.235 e. The van der Waals surface area contributed by atoms with Crippen molar-refractivity contribution >= 4 is 0 Å². The van der Waals surface area contributed by atoms with Crippen LogP contribution in [-0.2, 0) is 6.42 Å². The highest BCUT2D eigenvalue weighted by Crippen LogP contribution is 2.22. The van der Waals surface area contributed by atoms with Gasteiger partial charge in [-0.1, -0.05) is 0 Å². The van der Waals surface area contributed by atoms with E-state index in [-0.39, 0.29) is 30.1 Å². The van der Waals surface area contributed by atoms with Crippen LogP contribution in [0.2, 0.25) is 0 Å². The fraction of sp³-hybridized carbons (Fsp3) is 0.600. The molecule has 90 valence electrons. The SMILES string of the molecule is Cc1nc(CCCC(F)(F)F)nc(C)c1F. The van der Waals surface area contributed by atoms with Crippen molar-refractivity contribution in [2.45, 2.75) is 39.3 Å². The molecule has 0 N–H and O–H groups in total. The molecule has 0 amide bonds. The lowest BCUT2D eigenvalue weighted by Gasteiger charge is -2.06. The number of rotatable bonds is 3. The number of hydrogen-bond acceptors (Lipinski definition) is 2. The van der Waals surface area contributed by atoms with Gasteiger partial charge in [-0.15, -0.1) is 0 Å². The maximum atomic E-state index is 13.1. The Bertz CT molecular complexity index is 351. The lowest BCUT2D eigenvalue weighted by atomic mass is 10.2. The number of nitrogens with zero attached hydrogens (tertiary/aromatic N) is 2. The molecule has 2 nitrogen and oxygen atoms in total. The van der Waals surface area contributed by atoms with Crippen LogP contribution in [0.15, 0.2) is 0 Å². The molecule has 1 aromatic rings. The predicted molar refractivity (Wildman–Crippen MR) is 50.5 cm³/mol. The zero-order chi connectivity index (χ0) is 12.3. The molecule has 0 aromatic carbocycles. The number of alkyl halides is 3. The molecule has 0 saturated heterocycles. The third kappa shape index (κ3) is 3.75. The monoisotopic (exact) mass is 236 g/mol. The Hall–Kier alpha value is -1.20. The minimum absolute atomic E-state index is 0.0754. The molecule has 0 saturated carbocycles. The first-order valence-electron chi connectivity index (χ1n) is 4.86. The van der Waals surface area contributed by atoms with Gasteiger partial charge in [0, 0.05) is 12.8 Å². The number of aryl methyl sites for hydroxylation is 3. The van der Waals surface area contributed by atoms with E-state index in [9.17, 15) is 17.6 Å². The Morgan fingerprint density at radius 1 is 1.06 bits per heavy atom. The van der Waals surface area contributed by atoms with E-state index in [1.54, 1.807) is 0 Å².